The van der Waals surface area contributed by atoms with Gasteiger partial charge in [-0.2, -0.15) is 0 Å². The second kappa shape index (κ2) is 6.81. The van der Waals surface area contributed by atoms with Crippen molar-refractivity contribution in [2.24, 2.45) is 12.8 Å². The molecule has 7 nitrogen and oxygen atoms in total. The fourth-order valence-electron chi connectivity index (χ4n) is 4.29. The lowest BCUT2D eigenvalue weighted by atomic mass is 9.68. The fourth-order valence-corrected chi connectivity index (χ4v) is 4.29. The SMILES string of the molecule is Cn1c(=O)ccc2nc(-c3ccc(C4(N)CC(O)(O)C4)cc3)c(-c3ccccc3)nc21. The molecule has 1 saturated carbocycles. The van der Waals surface area contributed by atoms with E-state index in [0.29, 0.717) is 22.6 Å². The molecular formula is C24H22N4O3. The molecule has 31 heavy (non-hydrogen) atoms. The van der Waals surface area contributed by atoms with E-state index in [1.807, 2.05) is 54.6 Å². The number of fused-ring (bicyclic) bond motifs is 1. The Morgan fingerprint density at radius 3 is 2.13 bits per heavy atom. The number of aliphatic hydroxyl groups is 2. The molecule has 1 aliphatic rings. The second-order valence-electron chi connectivity index (χ2n) is 8.30. The van der Waals surface area contributed by atoms with Crippen molar-refractivity contribution in [2.45, 2.75) is 24.2 Å². The Morgan fingerprint density at radius 1 is 0.871 bits per heavy atom. The quantitative estimate of drug-likeness (QED) is 0.443. The summed E-state index contributed by atoms with van der Waals surface area (Å²) in [6.07, 6.45) is 0.191. The lowest BCUT2D eigenvalue weighted by molar-refractivity contribution is -0.244. The third-order valence-corrected chi connectivity index (χ3v) is 5.91. The van der Waals surface area contributed by atoms with Gasteiger partial charge in [0.1, 0.15) is 5.52 Å². The van der Waals surface area contributed by atoms with E-state index in [1.54, 1.807) is 13.1 Å². The summed E-state index contributed by atoms with van der Waals surface area (Å²) in [7, 11) is 1.68. The summed E-state index contributed by atoms with van der Waals surface area (Å²) in [5.74, 6) is -1.70. The molecule has 0 amide bonds. The van der Waals surface area contributed by atoms with Crippen LogP contribution in [0.25, 0.3) is 33.7 Å². The molecule has 5 rings (SSSR count). The number of hydrogen-bond donors (Lipinski definition) is 3. The van der Waals surface area contributed by atoms with Crippen molar-refractivity contribution in [1.29, 1.82) is 0 Å². The maximum atomic E-state index is 12.1. The molecule has 0 spiro atoms. The molecule has 0 unspecified atom stereocenters. The van der Waals surface area contributed by atoms with Crippen molar-refractivity contribution < 1.29 is 10.2 Å². The molecule has 0 atom stereocenters. The fraction of sp³-hybridized carbons (Fsp3) is 0.208. The number of hydrogen-bond acceptors (Lipinski definition) is 6. The van der Waals surface area contributed by atoms with E-state index in [0.717, 1.165) is 16.7 Å². The maximum Gasteiger partial charge on any atom is 0.252 e. The van der Waals surface area contributed by atoms with Crippen molar-refractivity contribution in [2.75, 3.05) is 0 Å². The van der Waals surface area contributed by atoms with Crippen LogP contribution in [-0.4, -0.2) is 30.5 Å². The first-order valence-corrected chi connectivity index (χ1v) is 10.0. The third-order valence-electron chi connectivity index (χ3n) is 5.91. The van der Waals surface area contributed by atoms with E-state index >= 15 is 0 Å². The van der Waals surface area contributed by atoms with Gasteiger partial charge in [0, 0.05) is 37.1 Å². The van der Waals surface area contributed by atoms with Crippen LogP contribution in [0.15, 0.2) is 71.5 Å². The van der Waals surface area contributed by atoms with Crippen LogP contribution >= 0.6 is 0 Å². The van der Waals surface area contributed by atoms with Crippen molar-refractivity contribution >= 4 is 11.2 Å². The zero-order valence-electron chi connectivity index (χ0n) is 17.0. The van der Waals surface area contributed by atoms with Gasteiger partial charge >= 0.3 is 0 Å². The van der Waals surface area contributed by atoms with E-state index in [2.05, 4.69) is 0 Å². The van der Waals surface area contributed by atoms with Gasteiger partial charge in [0.2, 0.25) is 0 Å². The largest absolute Gasteiger partial charge is 0.365 e. The summed E-state index contributed by atoms with van der Waals surface area (Å²) in [4.78, 5) is 21.7. The topological polar surface area (TPSA) is 114 Å². The van der Waals surface area contributed by atoms with Gasteiger partial charge in [0.15, 0.2) is 11.4 Å². The molecule has 0 radical (unpaired) electrons. The highest BCUT2D eigenvalue weighted by atomic mass is 16.5. The van der Waals surface area contributed by atoms with Crippen LogP contribution in [0.3, 0.4) is 0 Å². The van der Waals surface area contributed by atoms with E-state index in [1.165, 1.54) is 10.6 Å². The van der Waals surface area contributed by atoms with Gasteiger partial charge in [0.25, 0.3) is 5.56 Å². The molecular weight excluding hydrogens is 392 g/mol. The first-order chi connectivity index (χ1) is 14.8. The normalized spacial score (nSPS) is 16.8. The van der Waals surface area contributed by atoms with Gasteiger partial charge in [-0.1, -0.05) is 54.6 Å². The maximum absolute atomic E-state index is 12.1. The summed E-state index contributed by atoms with van der Waals surface area (Å²) in [5.41, 5.74) is 10.5. The standard InChI is InChI=1S/C24H22N4O3/c1-28-19(29)12-11-18-22(28)27-21(15-5-3-2-4-6-15)20(26-18)16-7-9-17(10-8-16)23(25)13-24(30,31)14-23/h2-12,30-31H,13-14,25H2,1H3. The van der Waals surface area contributed by atoms with Gasteiger partial charge in [-0.15, -0.1) is 0 Å². The van der Waals surface area contributed by atoms with Crippen LogP contribution in [0.4, 0.5) is 0 Å². The molecule has 1 fully saturated rings. The van der Waals surface area contributed by atoms with Crippen LogP contribution in [0.2, 0.25) is 0 Å². The summed E-state index contributed by atoms with van der Waals surface area (Å²) in [6, 6.07) is 20.5. The number of benzene rings is 2. The monoisotopic (exact) mass is 414 g/mol. The van der Waals surface area contributed by atoms with E-state index in [-0.39, 0.29) is 18.4 Å². The summed E-state index contributed by atoms with van der Waals surface area (Å²) in [5, 5.41) is 19.4. The molecule has 0 aliphatic heterocycles. The van der Waals surface area contributed by atoms with Gasteiger partial charge in [-0.25, -0.2) is 9.97 Å². The average Bonchev–Trinajstić information content (AvgIpc) is 2.75. The van der Waals surface area contributed by atoms with Crippen LogP contribution in [0.1, 0.15) is 18.4 Å². The van der Waals surface area contributed by atoms with Crippen LogP contribution in [0.5, 0.6) is 0 Å². The molecule has 0 bridgehead atoms. The van der Waals surface area contributed by atoms with E-state index < -0.39 is 11.3 Å². The zero-order valence-corrected chi connectivity index (χ0v) is 17.0. The van der Waals surface area contributed by atoms with Crippen LogP contribution < -0.4 is 11.3 Å². The molecule has 2 aromatic heterocycles. The van der Waals surface area contributed by atoms with Crippen LogP contribution in [-0.2, 0) is 12.6 Å². The Bertz CT molecular complexity index is 1340. The predicted molar refractivity (Wildman–Crippen MR) is 118 cm³/mol. The molecule has 4 N–H and O–H groups in total. The number of nitrogens with zero attached hydrogens (tertiary/aromatic N) is 3. The Labute approximate surface area is 178 Å². The first kappa shape index (κ1) is 19.6. The highest BCUT2D eigenvalue weighted by molar-refractivity contribution is 5.84. The summed E-state index contributed by atoms with van der Waals surface area (Å²) in [6.45, 7) is 0. The number of rotatable bonds is 3. The number of aromatic nitrogens is 3. The molecule has 1 aliphatic carbocycles. The minimum Gasteiger partial charge on any atom is -0.365 e. The lowest BCUT2D eigenvalue weighted by Crippen LogP contribution is -2.59. The summed E-state index contributed by atoms with van der Waals surface area (Å²) < 4.78 is 1.49. The number of pyridine rings is 1. The van der Waals surface area contributed by atoms with E-state index in [4.69, 9.17) is 15.7 Å². The van der Waals surface area contributed by atoms with Crippen molar-refractivity contribution in [3.05, 3.63) is 82.6 Å². The number of nitrogens with two attached hydrogens (primary N) is 1. The summed E-state index contributed by atoms with van der Waals surface area (Å²) >= 11 is 0. The minimum atomic E-state index is -1.70. The average molecular weight is 414 g/mol. The third kappa shape index (κ3) is 3.33. The van der Waals surface area contributed by atoms with Crippen molar-refractivity contribution in [1.82, 2.24) is 14.5 Å². The molecule has 2 heterocycles. The van der Waals surface area contributed by atoms with Gasteiger partial charge in [-0.3, -0.25) is 9.36 Å². The Morgan fingerprint density at radius 2 is 1.48 bits per heavy atom. The Hall–Kier alpha value is -3.39. The molecule has 2 aromatic carbocycles. The van der Waals surface area contributed by atoms with Gasteiger partial charge in [-0.05, 0) is 11.6 Å². The van der Waals surface area contributed by atoms with Crippen molar-refractivity contribution in [3.63, 3.8) is 0 Å². The molecule has 7 heteroatoms. The van der Waals surface area contributed by atoms with Gasteiger partial charge in [0.05, 0.1) is 16.9 Å². The highest BCUT2D eigenvalue weighted by Crippen LogP contribution is 2.45. The van der Waals surface area contributed by atoms with Crippen LogP contribution in [0, 0.1) is 0 Å². The Balaban J connectivity index is 1.65. The zero-order chi connectivity index (χ0) is 21.8. The first-order valence-electron chi connectivity index (χ1n) is 10.0. The highest BCUT2D eigenvalue weighted by Gasteiger charge is 2.51. The van der Waals surface area contributed by atoms with E-state index in [9.17, 15) is 15.0 Å². The molecule has 4 aromatic rings. The molecule has 0 saturated heterocycles. The minimum absolute atomic E-state index is 0.0957. The second-order valence-corrected chi connectivity index (χ2v) is 8.30. The lowest BCUT2D eigenvalue weighted by Gasteiger charge is -2.48. The number of aryl methyl sites for hydroxylation is 1. The Kier molecular flexibility index (Phi) is 4.30. The van der Waals surface area contributed by atoms with Crippen molar-refractivity contribution in [3.8, 4) is 22.5 Å². The smallest absolute Gasteiger partial charge is 0.252 e. The van der Waals surface area contributed by atoms with Gasteiger partial charge < -0.3 is 15.9 Å². The molecule has 156 valence electrons. The predicted octanol–water partition coefficient (Wildman–Crippen LogP) is 2.29.